The Kier molecular flexibility index (Phi) is 6.03. The second-order valence-corrected chi connectivity index (χ2v) is 5.19. The van der Waals surface area contributed by atoms with Crippen molar-refractivity contribution in [2.45, 2.75) is 19.4 Å². The number of hydrogen-bond donors (Lipinski definition) is 1. The first kappa shape index (κ1) is 13.7. The Morgan fingerprint density at radius 1 is 1.25 bits per heavy atom. The van der Waals surface area contributed by atoms with Crippen LogP contribution in [0.4, 0.5) is 0 Å². The summed E-state index contributed by atoms with van der Waals surface area (Å²) < 4.78 is 1.14. The van der Waals surface area contributed by atoms with Crippen LogP contribution in [0.15, 0.2) is 28.7 Å². The number of benzene rings is 1. The van der Waals surface area contributed by atoms with Gasteiger partial charge in [-0.2, -0.15) is 0 Å². The van der Waals surface area contributed by atoms with Crippen LogP contribution < -0.4 is 5.32 Å². The number of nitrogens with zero attached hydrogens (tertiary/aromatic N) is 1. The van der Waals surface area contributed by atoms with Crippen molar-refractivity contribution in [3.05, 3.63) is 34.3 Å². The van der Waals surface area contributed by atoms with Crippen LogP contribution >= 0.6 is 15.9 Å². The van der Waals surface area contributed by atoms with Crippen LogP contribution in [0.25, 0.3) is 0 Å². The SMILES string of the molecule is CCC(NCCN(C)C)c1ccc(Br)cc1. The van der Waals surface area contributed by atoms with Gasteiger partial charge in [0.1, 0.15) is 0 Å². The van der Waals surface area contributed by atoms with Gasteiger partial charge in [0, 0.05) is 23.6 Å². The Hall–Kier alpha value is -0.380. The molecule has 0 bridgehead atoms. The molecule has 1 N–H and O–H groups in total. The lowest BCUT2D eigenvalue weighted by Crippen LogP contribution is -2.29. The predicted molar refractivity (Wildman–Crippen MR) is 73.7 cm³/mol. The zero-order valence-corrected chi connectivity index (χ0v) is 11.9. The van der Waals surface area contributed by atoms with Crippen molar-refractivity contribution < 1.29 is 0 Å². The summed E-state index contributed by atoms with van der Waals surface area (Å²) in [6.45, 7) is 4.32. The number of halogens is 1. The van der Waals surface area contributed by atoms with E-state index in [4.69, 9.17) is 0 Å². The topological polar surface area (TPSA) is 15.3 Å². The van der Waals surface area contributed by atoms with Crippen LogP contribution in [0.3, 0.4) is 0 Å². The van der Waals surface area contributed by atoms with Crippen molar-refractivity contribution in [2.24, 2.45) is 0 Å². The molecule has 0 aliphatic carbocycles. The molecule has 0 spiro atoms. The zero-order valence-electron chi connectivity index (χ0n) is 10.3. The lowest BCUT2D eigenvalue weighted by atomic mass is 10.0. The molecule has 0 aromatic heterocycles. The minimum absolute atomic E-state index is 0.466. The van der Waals surface area contributed by atoms with Crippen LogP contribution in [-0.2, 0) is 0 Å². The molecule has 0 heterocycles. The quantitative estimate of drug-likeness (QED) is 0.864. The molecule has 0 fully saturated rings. The fourth-order valence-corrected chi connectivity index (χ4v) is 1.92. The van der Waals surface area contributed by atoms with E-state index >= 15 is 0 Å². The number of nitrogens with one attached hydrogen (secondary N) is 1. The Bertz CT molecular complexity index is 295. The maximum absolute atomic E-state index is 3.58. The highest BCUT2D eigenvalue weighted by Gasteiger charge is 2.07. The molecule has 0 radical (unpaired) electrons. The molecular formula is C13H21BrN2. The lowest BCUT2D eigenvalue weighted by molar-refractivity contribution is 0.382. The van der Waals surface area contributed by atoms with Crippen LogP contribution in [-0.4, -0.2) is 32.1 Å². The molecule has 0 saturated carbocycles. The molecule has 1 atom stereocenters. The summed E-state index contributed by atoms with van der Waals surface area (Å²) in [6, 6.07) is 9.03. The van der Waals surface area contributed by atoms with Gasteiger partial charge < -0.3 is 10.2 Å². The van der Waals surface area contributed by atoms with Gasteiger partial charge >= 0.3 is 0 Å². The van der Waals surface area contributed by atoms with Crippen molar-refractivity contribution in [3.63, 3.8) is 0 Å². The molecule has 0 amide bonds. The van der Waals surface area contributed by atoms with E-state index in [-0.39, 0.29) is 0 Å². The molecule has 1 rings (SSSR count). The average molecular weight is 285 g/mol. The molecule has 2 nitrogen and oxygen atoms in total. The van der Waals surface area contributed by atoms with Crippen LogP contribution in [0.5, 0.6) is 0 Å². The summed E-state index contributed by atoms with van der Waals surface area (Å²) in [5.41, 5.74) is 1.37. The largest absolute Gasteiger partial charge is 0.309 e. The molecule has 1 unspecified atom stereocenters. The highest BCUT2D eigenvalue weighted by Crippen LogP contribution is 2.19. The average Bonchev–Trinajstić information content (AvgIpc) is 2.26. The summed E-state index contributed by atoms with van der Waals surface area (Å²) >= 11 is 3.46. The smallest absolute Gasteiger partial charge is 0.0318 e. The summed E-state index contributed by atoms with van der Waals surface area (Å²) in [5.74, 6) is 0. The highest BCUT2D eigenvalue weighted by atomic mass is 79.9. The van der Waals surface area contributed by atoms with Gasteiger partial charge in [-0.25, -0.2) is 0 Å². The number of rotatable bonds is 6. The summed E-state index contributed by atoms with van der Waals surface area (Å²) in [6.07, 6.45) is 1.12. The van der Waals surface area contributed by atoms with Gasteiger partial charge in [0.25, 0.3) is 0 Å². The standard InChI is InChI=1S/C13H21BrN2/c1-4-13(15-9-10-16(2)3)11-5-7-12(14)8-6-11/h5-8,13,15H,4,9-10H2,1-3H3. The Balaban J connectivity index is 2.50. The third kappa shape index (κ3) is 4.64. The molecule has 16 heavy (non-hydrogen) atoms. The predicted octanol–water partition coefficient (Wildman–Crippen LogP) is 3.05. The summed E-state index contributed by atoms with van der Waals surface area (Å²) in [5, 5.41) is 3.58. The van der Waals surface area contributed by atoms with Gasteiger partial charge in [-0.05, 0) is 38.2 Å². The third-order valence-electron chi connectivity index (χ3n) is 2.63. The minimum Gasteiger partial charge on any atom is -0.309 e. The van der Waals surface area contributed by atoms with E-state index in [1.807, 2.05) is 0 Å². The fraction of sp³-hybridized carbons (Fsp3) is 0.538. The molecular weight excluding hydrogens is 264 g/mol. The molecule has 0 aliphatic rings. The van der Waals surface area contributed by atoms with E-state index in [1.54, 1.807) is 0 Å². The van der Waals surface area contributed by atoms with Crippen molar-refractivity contribution in [1.29, 1.82) is 0 Å². The van der Waals surface area contributed by atoms with Crippen molar-refractivity contribution in [3.8, 4) is 0 Å². The normalized spacial score (nSPS) is 13.1. The number of likely N-dealkylation sites (N-methyl/N-ethyl adjacent to an activating group) is 1. The molecule has 0 saturated heterocycles. The second-order valence-electron chi connectivity index (χ2n) is 4.27. The molecule has 1 aromatic rings. The van der Waals surface area contributed by atoms with Crippen molar-refractivity contribution in [1.82, 2.24) is 10.2 Å². The zero-order chi connectivity index (χ0) is 12.0. The van der Waals surface area contributed by atoms with Crippen LogP contribution in [0, 0.1) is 0 Å². The molecule has 0 aliphatic heterocycles. The van der Waals surface area contributed by atoms with Gasteiger partial charge in [0.05, 0.1) is 0 Å². The second kappa shape index (κ2) is 7.05. The highest BCUT2D eigenvalue weighted by molar-refractivity contribution is 9.10. The van der Waals surface area contributed by atoms with Gasteiger partial charge in [0.15, 0.2) is 0 Å². The van der Waals surface area contributed by atoms with Crippen molar-refractivity contribution in [2.75, 3.05) is 27.2 Å². The number of hydrogen-bond acceptors (Lipinski definition) is 2. The first-order chi connectivity index (χ1) is 7.63. The van der Waals surface area contributed by atoms with Gasteiger partial charge in [0.2, 0.25) is 0 Å². The van der Waals surface area contributed by atoms with E-state index in [0.717, 1.165) is 24.0 Å². The summed E-state index contributed by atoms with van der Waals surface area (Å²) in [4.78, 5) is 2.20. The van der Waals surface area contributed by atoms with Gasteiger partial charge in [-0.1, -0.05) is 35.0 Å². The van der Waals surface area contributed by atoms with E-state index in [1.165, 1.54) is 5.56 Å². The van der Waals surface area contributed by atoms with Crippen LogP contribution in [0.1, 0.15) is 24.9 Å². The van der Waals surface area contributed by atoms with E-state index in [9.17, 15) is 0 Å². The first-order valence-electron chi connectivity index (χ1n) is 5.77. The molecule has 90 valence electrons. The summed E-state index contributed by atoms with van der Waals surface area (Å²) in [7, 11) is 4.20. The maximum Gasteiger partial charge on any atom is 0.0318 e. The van der Waals surface area contributed by atoms with E-state index in [2.05, 4.69) is 71.4 Å². The minimum atomic E-state index is 0.466. The molecule has 1 aromatic carbocycles. The Labute approximate surface area is 107 Å². The first-order valence-corrected chi connectivity index (χ1v) is 6.56. The lowest BCUT2D eigenvalue weighted by Gasteiger charge is -2.19. The monoisotopic (exact) mass is 284 g/mol. The molecule has 3 heteroatoms. The van der Waals surface area contributed by atoms with Gasteiger partial charge in [-0.3, -0.25) is 0 Å². The Morgan fingerprint density at radius 2 is 1.88 bits per heavy atom. The fourth-order valence-electron chi connectivity index (χ4n) is 1.66. The van der Waals surface area contributed by atoms with E-state index in [0.29, 0.717) is 6.04 Å². The Morgan fingerprint density at radius 3 is 2.38 bits per heavy atom. The third-order valence-corrected chi connectivity index (χ3v) is 3.16. The van der Waals surface area contributed by atoms with Crippen LogP contribution in [0.2, 0.25) is 0 Å². The maximum atomic E-state index is 3.58. The van der Waals surface area contributed by atoms with Gasteiger partial charge in [-0.15, -0.1) is 0 Å². The van der Waals surface area contributed by atoms with Crippen molar-refractivity contribution >= 4 is 15.9 Å². The van der Waals surface area contributed by atoms with E-state index < -0.39 is 0 Å².